The Hall–Kier alpha value is -1.14. The van der Waals surface area contributed by atoms with E-state index in [0.29, 0.717) is 25.9 Å². The van der Waals surface area contributed by atoms with Crippen molar-refractivity contribution in [1.29, 1.82) is 0 Å². The quantitative estimate of drug-likeness (QED) is 0.0417. The normalized spacial score (nSPS) is 12.5. The van der Waals surface area contributed by atoms with Crippen molar-refractivity contribution < 1.29 is 24.5 Å². The molecule has 2 unspecified atom stereocenters. The summed E-state index contributed by atoms with van der Waals surface area (Å²) < 4.78 is 5.49. The van der Waals surface area contributed by atoms with Crippen LogP contribution in [-0.2, 0) is 14.3 Å². The first-order chi connectivity index (χ1) is 34.0. The maximum atomic E-state index is 12.5. The minimum Gasteiger partial charge on any atom is -0.466 e. The van der Waals surface area contributed by atoms with Crippen LogP contribution in [0.25, 0.3) is 0 Å². The van der Waals surface area contributed by atoms with Crippen LogP contribution in [0.15, 0.2) is 0 Å². The van der Waals surface area contributed by atoms with Crippen LogP contribution in [0.4, 0.5) is 0 Å². The van der Waals surface area contributed by atoms with Gasteiger partial charge in [-0.2, -0.15) is 0 Å². The predicted molar refractivity (Wildman–Crippen MR) is 301 cm³/mol. The van der Waals surface area contributed by atoms with E-state index in [1.165, 1.54) is 276 Å². The molecule has 0 saturated heterocycles. The lowest BCUT2D eigenvalue weighted by atomic mass is 10.0. The minimum absolute atomic E-state index is 0.00271. The van der Waals surface area contributed by atoms with E-state index in [4.69, 9.17) is 4.74 Å². The zero-order chi connectivity index (χ0) is 50.0. The molecule has 0 aromatic rings. The third-order valence-corrected chi connectivity index (χ3v) is 15.2. The Morgan fingerprint density at radius 1 is 0.348 bits per heavy atom. The number of esters is 1. The lowest BCUT2D eigenvalue weighted by molar-refractivity contribution is -0.143. The van der Waals surface area contributed by atoms with Gasteiger partial charge in [-0.3, -0.25) is 9.59 Å². The molecule has 0 aromatic carbocycles. The topological polar surface area (TPSA) is 95.9 Å². The summed E-state index contributed by atoms with van der Waals surface area (Å²) in [6, 6.07) is -0.553. The largest absolute Gasteiger partial charge is 0.466 e. The fourth-order valence-corrected chi connectivity index (χ4v) is 10.3. The number of hydrogen-bond acceptors (Lipinski definition) is 5. The van der Waals surface area contributed by atoms with Gasteiger partial charge in [0, 0.05) is 12.8 Å². The molecule has 0 fully saturated rings. The van der Waals surface area contributed by atoms with E-state index in [1.807, 2.05) is 0 Å². The molecule has 0 radical (unpaired) electrons. The first-order valence-electron chi connectivity index (χ1n) is 31.8. The van der Waals surface area contributed by atoms with Gasteiger partial charge in [-0.1, -0.05) is 328 Å². The van der Waals surface area contributed by atoms with Gasteiger partial charge in [0.25, 0.3) is 0 Å². The lowest BCUT2D eigenvalue weighted by Gasteiger charge is -2.22. The Balaban J connectivity index is 3.41. The van der Waals surface area contributed by atoms with Crippen LogP contribution in [0.2, 0.25) is 0 Å². The highest BCUT2D eigenvalue weighted by Gasteiger charge is 2.20. The summed E-state index contributed by atoms with van der Waals surface area (Å²) in [6.07, 6.45) is 69.6. The maximum absolute atomic E-state index is 12.5. The molecule has 0 aliphatic carbocycles. The van der Waals surface area contributed by atoms with Crippen LogP contribution < -0.4 is 5.32 Å². The van der Waals surface area contributed by atoms with Gasteiger partial charge >= 0.3 is 5.97 Å². The number of rotatable bonds is 60. The highest BCUT2D eigenvalue weighted by atomic mass is 16.5. The Bertz CT molecular complexity index is 990. The van der Waals surface area contributed by atoms with Crippen LogP contribution in [0.5, 0.6) is 0 Å². The van der Waals surface area contributed by atoms with Crippen molar-refractivity contribution in [3.63, 3.8) is 0 Å². The SMILES string of the molecule is CCCCCCCCCCCCCCCCCCCCCCCC(O)C(CO)NC(=O)CCCCCCCCCCCCCCOC(=O)CCCCCCCCCCCCCCCCCCCCC. The molecule has 2 atom stereocenters. The number of carbonyl (C=O) groups excluding carboxylic acids is 2. The van der Waals surface area contributed by atoms with Gasteiger partial charge in [0.05, 0.1) is 25.4 Å². The maximum Gasteiger partial charge on any atom is 0.305 e. The summed E-state index contributed by atoms with van der Waals surface area (Å²) in [6.45, 7) is 4.96. The van der Waals surface area contributed by atoms with Crippen molar-refractivity contribution in [3.8, 4) is 0 Å². The number of unbranched alkanes of at least 4 members (excludes halogenated alkanes) is 49. The number of hydrogen-bond donors (Lipinski definition) is 3. The average Bonchev–Trinajstić information content (AvgIpc) is 3.35. The Kier molecular flexibility index (Phi) is 58.4. The average molecular weight is 977 g/mol. The van der Waals surface area contributed by atoms with Gasteiger partial charge in [0.1, 0.15) is 0 Å². The molecule has 0 heterocycles. The second kappa shape index (κ2) is 59.4. The second-order valence-corrected chi connectivity index (χ2v) is 22.1. The number of nitrogens with one attached hydrogen (secondary N) is 1. The summed E-state index contributed by atoms with van der Waals surface area (Å²) >= 11 is 0. The molecular weight excluding hydrogens is 851 g/mol. The first-order valence-corrected chi connectivity index (χ1v) is 31.8. The molecule has 0 bridgehead atoms. The van der Waals surface area contributed by atoms with E-state index in [1.54, 1.807) is 0 Å². The molecule has 6 heteroatoms. The number of amides is 1. The summed E-state index contributed by atoms with van der Waals surface area (Å²) in [5.41, 5.74) is 0. The number of aliphatic hydroxyl groups is 2. The molecular formula is C63H125NO5. The fraction of sp³-hybridized carbons (Fsp3) is 0.968. The van der Waals surface area contributed by atoms with Crippen molar-refractivity contribution >= 4 is 11.9 Å². The zero-order valence-corrected chi connectivity index (χ0v) is 47.1. The van der Waals surface area contributed by atoms with Crippen LogP contribution in [0, 0.1) is 0 Å². The van der Waals surface area contributed by atoms with Crippen LogP contribution in [0.3, 0.4) is 0 Å². The third kappa shape index (κ3) is 56.0. The van der Waals surface area contributed by atoms with Crippen molar-refractivity contribution in [3.05, 3.63) is 0 Å². The van der Waals surface area contributed by atoms with E-state index in [2.05, 4.69) is 19.2 Å². The number of aliphatic hydroxyl groups excluding tert-OH is 2. The van der Waals surface area contributed by atoms with E-state index < -0.39 is 12.1 Å². The molecule has 0 aliphatic heterocycles. The van der Waals surface area contributed by atoms with E-state index in [-0.39, 0.29) is 18.5 Å². The summed E-state index contributed by atoms with van der Waals surface area (Å²) in [5.74, 6) is -0.0480. The standard InChI is InChI=1S/C63H125NO5/c1-3-5-7-9-11-13-15-17-19-21-23-24-26-27-29-31-35-39-43-47-51-55-61(66)60(59-65)64-62(67)56-52-48-44-40-36-33-34-38-42-46-50-54-58-69-63(68)57-53-49-45-41-37-32-30-28-25-22-20-18-16-14-12-10-8-6-4-2/h60-61,65-66H,3-59H2,1-2H3,(H,64,67). The van der Waals surface area contributed by atoms with Crippen LogP contribution in [-0.4, -0.2) is 47.4 Å². The molecule has 6 nitrogen and oxygen atoms in total. The Morgan fingerprint density at radius 3 is 0.884 bits per heavy atom. The summed E-state index contributed by atoms with van der Waals surface area (Å²) in [4.78, 5) is 24.6. The van der Waals surface area contributed by atoms with Gasteiger partial charge in [-0.15, -0.1) is 0 Å². The van der Waals surface area contributed by atoms with Gasteiger partial charge in [-0.05, 0) is 25.7 Å². The van der Waals surface area contributed by atoms with E-state index >= 15 is 0 Å². The predicted octanol–water partition coefficient (Wildman–Crippen LogP) is 19.9. The number of carbonyl (C=O) groups is 2. The summed E-state index contributed by atoms with van der Waals surface area (Å²) in [7, 11) is 0. The molecule has 0 aliphatic rings. The van der Waals surface area contributed by atoms with Crippen LogP contribution >= 0.6 is 0 Å². The molecule has 0 spiro atoms. The lowest BCUT2D eigenvalue weighted by Crippen LogP contribution is -2.45. The molecule has 0 aromatic heterocycles. The third-order valence-electron chi connectivity index (χ3n) is 15.2. The molecule has 0 saturated carbocycles. The molecule has 0 rings (SSSR count). The molecule has 69 heavy (non-hydrogen) atoms. The monoisotopic (exact) mass is 976 g/mol. The zero-order valence-electron chi connectivity index (χ0n) is 47.1. The van der Waals surface area contributed by atoms with Crippen molar-refractivity contribution in [1.82, 2.24) is 5.32 Å². The van der Waals surface area contributed by atoms with Crippen LogP contribution in [0.1, 0.15) is 367 Å². The van der Waals surface area contributed by atoms with Gasteiger partial charge in [0.2, 0.25) is 5.91 Å². The van der Waals surface area contributed by atoms with E-state index in [0.717, 1.165) is 57.8 Å². The smallest absolute Gasteiger partial charge is 0.305 e. The minimum atomic E-state index is -0.674. The summed E-state index contributed by atoms with van der Waals surface area (Å²) in [5, 5.41) is 23.4. The highest BCUT2D eigenvalue weighted by Crippen LogP contribution is 2.19. The Labute approximate surface area is 432 Å². The molecule has 1 amide bonds. The Morgan fingerprint density at radius 2 is 0.594 bits per heavy atom. The second-order valence-electron chi connectivity index (χ2n) is 22.1. The highest BCUT2D eigenvalue weighted by molar-refractivity contribution is 5.76. The van der Waals surface area contributed by atoms with Gasteiger partial charge < -0.3 is 20.3 Å². The van der Waals surface area contributed by atoms with E-state index in [9.17, 15) is 19.8 Å². The van der Waals surface area contributed by atoms with Crippen molar-refractivity contribution in [2.24, 2.45) is 0 Å². The number of ether oxygens (including phenoxy) is 1. The van der Waals surface area contributed by atoms with Crippen molar-refractivity contribution in [2.75, 3.05) is 13.2 Å². The van der Waals surface area contributed by atoms with Gasteiger partial charge in [0.15, 0.2) is 0 Å². The van der Waals surface area contributed by atoms with Crippen molar-refractivity contribution in [2.45, 2.75) is 379 Å². The molecule has 3 N–H and O–H groups in total. The fourth-order valence-electron chi connectivity index (χ4n) is 10.3. The first kappa shape index (κ1) is 67.9. The van der Waals surface area contributed by atoms with Gasteiger partial charge in [-0.25, -0.2) is 0 Å². The molecule has 412 valence electrons.